The second-order valence-corrected chi connectivity index (χ2v) is 6.59. The molecular formula is C15H18N2O4S. The van der Waals surface area contributed by atoms with Gasteiger partial charge in [-0.2, -0.15) is 0 Å². The summed E-state index contributed by atoms with van der Waals surface area (Å²) in [5.74, 6) is -1.45. The van der Waals surface area contributed by atoms with Crippen molar-refractivity contribution in [1.29, 1.82) is 0 Å². The van der Waals surface area contributed by atoms with Gasteiger partial charge in [0, 0.05) is 17.9 Å². The molecule has 3 N–H and O–H groups in total. The van der Waals surface area contributed by atoms with Crippen LogP contribution in [0.1, 0.15) is 17.5 Å². The number of carbonyl (C=O) groups excluding carboxylic acids is 2. The Hall–Kier alpha value is -2.02. The molecule has 1 aromatic carbocycles. The Bertz CT molecular complexity index is 597. The lowest BCUT2D eigenvalue weighted by molar-refractivity contribution is -0.141. The number of hydrogen-bond acceptors (Lipinski definition) is 4. The number of carbonyl (C=O) groups is 3. The molecule has 2 amide bonds. The predicted octanol–water partition coefficient (Wildman–Crippen LogP) is 1.32. The van der Waals surface area contributed by atoms with Crippen LogP contribution in [-0.4, -0.2) is 39.9 Å². The molecule has 0 radical (unpaired) electrons. The van der Waals surface area contributed by atoms with Gasteiger partial charge in [-0.25, -0.2) is 4.79 Å². The molecule has 1 aliphatic rings. The van der Waals surface area contributed by atoms with Crippen LogP contribution in [0.15, 0.2) is 18.2 Å². The van der Waals surface area contributed by atoms with Crippen LogP contribution in [-0.2, 0) is 14.4 Å². The summed E-state index contributed by atoms with van der Waals surface area (Å²) in [5.41, 5.74) is 2.79. The fourth-order valence-electron chi connectivity index (χ4n) is 2.31. The fourth-order valence-corrected chi connectivity index (χ4v) is 3.45. The van der Waals surface area contributed by atoms with E-state index in [1.54, 1.807) is 0 Å². The van der Waals surface area contributed by atoms with E-state index in [1.165, 1.54) is 11.8 Å². The van der Waals surface area contributed by atoms with Crippen molar-refractivity contribution in [3.8, 4) is 0 Å². The molecule has 0 spiro atoms. The highest BCUT2D eigenvalue weighted by molar-refractivity contribution is 8.00. The molecule has 1 aromatic rings. The first-order chi connectivity index (χ1) is 10.3. The average molecular weight is 322 g/mol. The number of benzene rings is 1. The number of hydrogen-bond donors (Lipinski definition) is 3. The maximum absolute atomic E-state index is 12.0. The van der Waals surface area contributed by atoms with Crippen LogP contribution in [0.3, 0.4) is 0 Å². The zero-order valence-electron chi connectivity index (χ0n) is 12.4. The normalized spacial score (nSPS) is 21.1. The van der Waals surface area contributed by atoms with Crippen molar-refractivity contribution < 1.29 is 19.5 Å². The van der Waals surface area contributed by atoms with Crippen molar-refractivity contribution in [3.63, 3.8) is 0 Å². The number of nitrogens with one attached hydrogen (secondary N) is 2. The number of anilines is 1. The van der Waals surface area contributed by atoms with Crippen molar-refractivity contribution in [2.45, 2.75) is 31.6 Å². The van der Waals surface area contributed by atoms with Gasteiger partial charge in [-0.3, -0.25) is 9.59 Å². The maximum Gasteiger partial charge on any atom is 0.327 e. The largest absolute Gasteiger partial charge is 0.480 e. The molecule has 0 bridgehead atoms. The Labute approximate surface area is 132 Å². The van der Waals surface area contributed by atoms with Crippen LogP contribution >= 0.6 is 11.8 Å². The van der Waals surface area contributed by atoms with Gasteiger partial charge in [0.2, 0.25) is 11.8 Å². The number of aliphatic carboxylic acids is 1. The van der Waals surface area contributed by atoms with Gasteiger partial charge in [0.25, 0.3) is 0 Å². The predicted molar refractivity (Wildman–Crippen MR) is 85.0 cm³/mol. The van der Waals surface area contributed by atoms with Crippen molar-refractivity contribution in [1.82, 2.24) is 5.32 Å². The van der Waals surface area contributed by atoms with Crippen molar-refractivity contribution in [2.24, 2.45) is 0 Å². The van der Waals surface area contributed by atoms with Crippen LogP contribution in [0.2, 0.25) is 0 Å². The third kappa shape index (κ3) is 4.24. The smallest absolute Gasteiger partial charge is 0.327 e. The van der Waals surface area contributed by atoms with Gasteiger partial charge in [0.1, 0.15) is 6.04 Å². The Kier molecular flexibility index (Phi) is 5.07. The van der Waals surface area contributed by atoms with E-state index < -0.39 is 23.2 Å². The molecule has 0 unspecified atom stereocenters. The topological polar surface area (TPSA) is 95.5 Å². The van der Waals surface area contributed by atoms with E-state index in [0.29, 0.717) is 5.69 Å². The Morgan fingerprint density at radius 3 is 2.50 bits per heavy atom. The third-order valence-corrected chi connectivity index (χ3v) is 4.56. The highest BCUT2D eigenvalue weighted by Crippen LogP contribution is 2.22. The summed E-state index contributed by atoms with van der Waals surface area (Å²) in [6, 6.07) is 4.85. The van der Waals surface area contributed by atoms with E-state index in [2.05, 4.69) is 10.6 Å². The van der Waals surface area contributed by atoms with Crippen LogP contribution in [0.5, 0.6) is 0 Å². The molecule has 2 rings (SSSR count). The number of carboxylic acids is 1. The van der Waals surface area contributed by atoms with Gasteiger partial charge in [0.15, 0.2) is 0 Å². The van der Waals surface area contributed by atoms with Gasteiger partial charge in [-0.05, 0) is 37.1 Å². The second-order valence-electron chi connectivity index (χ2n) is 5.35. The first-order valence-corrected chi connectivity index (χ1v) is 7.93. The van der Waals surface area contributed by atoms with E-state index in [4.69, 9.17) is 5.11 Å². The molecule has 1 saturated heterocycles. The van der Waals surface area contributed by atoms with Crippen LogP contribution in [0.4, 0.5) is 5.69 Å². The average Bonchev–Trinajstić information content (AvgIpc) is 2.39. The summed E-state index contributed by atoms with van der Waals surface area (Å²) in [4.78, 5) is 34.7. The summed E-state index contributed by atoms with van der Waals surface area (Å²) in [7, 11) is 0. The number of carboxylic acid groups (broad SMARTS) is 1. The number of rotatable bonds is 4. The molecule has 1 aliphatic heterocycles. The molecule has 1 heterocycles. The van der Waals surface area contributed by atoms with Crippen molar-refractivity contribution in [3.05, 3.63) is 29.3 Å². The monoisotopic (exact) mass is 322 g/mol. The van der Waals surface area contributed by atoms with Crippen molar-refractivity contribution in [2.75, 3.05) is 11.1 Å². The van der Waals surface area contributed by atoms with E-state index in [-0.39, 0.29) is 18.1 Å². The summed E-state index contributed by atoms with van der Waals surface area (Å²) < 4.78 is 0. The molecule has 22 heavy (non-hydrogen) atoms. The molecule has 6 nitrogen and oxygen atoms in total. The summed E-state index contributed by atoms with van der Waals surface area (Å²) in [5, 5.41) is 13.5. The Balaban J connectivity index is 1.92. The van der Waals surface area contributed by atoms with Gasteiger partial charge < -0.3 is 15.7 Å². The van der Waals surface area contributed by atoms with E-state index in [1.807, 2.05) is 32.0 Å². The molecule has 2 atom stereocenters. The molecule has 1 fully saturated rings. The van der Waals surface area contributed by atoms with Crippen LogP contribution in [0.25, 0.3) is 0 Å². The molecule has 0 saturated carbocycles. The van der Waals surface area contributed by atoms with E-state index in [0.717, 1.165) is 11.1 Å². The number of aryl methyl sites for hydroxylation is 2. The van der Waals surface area contributed by atoms with Gasteiger partial charge >= 0.3 is 5.97 Å². The summed E-state index contributed by atoms with van der Waals surface area (Å²) >= 11 is 1.20. The Morgan fingerprint density at radius 2 is 1.95 bits per heavy atom. The SMILES string of the molecule is Cc1cc(C)cc(NC(=O)C[C@H]2SC[C@@H](C(=O)O)NC2=O)c1. The third-order valence-electron chi connectivity index (χ3n) is 3.25. The highest BCUT2D eigenvalue weighted by Gasteiger charge is 2.33. The first kappa shape index (κ1) is 16.4. The fraction of sp³-hybridized carbons (Fsp3) is 0.400. The lowest BCUT2D eigenvalue weighted by atomic mass is 10.1. The summed E-state index contributed by atoms with van der Waals surface area (Å²) in [6.45, 7) is 3.89. The molecule has 118 valence electrons. The van der Waals surface area contributed by atoms with Crippen LogP contribution < -0.4 is 10.6 Å². The van der Waals surface area contributed by atoms with E-state index >= 15 is 0 Å². The zero-order valence-corrected chi connectivity index (χ0v) is 13.2. The Morgan fingerprint density at radius 1 is 1.32 bits per heavy atom. The number of thioether (sulfide) groups is 1. The molecule has 0 aromatic heterocycles. The van der Waals surface area contributed by atoms with Crippen LogP contribution in [0, 0.1) is 13.8 Å². The molecular weight excluding hydrogens is 304 g/mol. The van der Waals surface area contributed by atoms with Gasteiger partial charge in [-0.1, -0.05) is 6.07 Å². The first-order valence-electron chi connectivity index (χ1n) is 6.88. The lowest BCUT2D eigenvalue weighted by Crippen LogP contribution is -2.51. The lowest BCUT2D eigenvalue weighted by Gasteiger charge is -2.25. The van der Waals surface area contributed by atoms with Gasteiger partial charge in [0.05, 0.1) is 5.25 Å². The second kappa shape index (κ2) is 6.83. The minimum atomic E-state index is -1.06. The van der Waals surface area contributed by atoms with E-state index in [9.17, 15) is 14.4 Å². The molecule has 0 aliphatic carbocycles. The summed E-state index contributed by atoms with van der Waals surface area (Å²) in [6.07, 6.45) is 0.0236. The minimum Gasteiger partial charge on any atom is -0.480 e. The van der Waals surface area contributed by atoms with Crippen molar-refractivity contribution >= 4 is 35.2 Å². The molecule has 7 heteroatoms. The maximum atomic E-state index is 12.0. The number of amides is 2. The quantitative estimate of drug-likeness (QED) is 0.777. The zero-order chi connectivity index (χ0) is 16.3. The minimum absolute atomic E-state index is 0.0236. The standard InChI is InChI=1S/C15H18N2O4S/c1-8-3-9(2)5-10(4-8)16-13(18)6-12-14(19)17-11(7-22-12)15(20)21/h3-5,11-12H,6-7H2,1-2H3,(H,16,18)(H,17,19)(H,20,21)/t11-,12+/m0/s1. The van der Waals surface area contributed by atoms with Gasteiger partial charge in [-0.15, -0.1) is 11.8 Å². The highest BCUT2D eigenvalue weighted by atomic mass is 32.2.